The Hall–Kier alpha value is -1.59. The quantitative estimate of drug-likeness (QED) is 0.893. The van der Waals surface area contributed by atoms with Crippen molar-refractivity contribution < 1.29 is 14.6 Å². The van der Waals surface area contributed by atoms with Crippen molar-refractivity contribution in [2.24, 2.45) is 5.92 Å². The molecule has 1 aliphatic heterocycles. The van der Waals surface area contributed by atoms with Gasteiger partial charge in [-0.3, -0.25) is 0 Å². The van der Waals surface area contributed by atoms with Crippen LogP contribution in [0.2, 0.25) is 0 Å². The number of likely N-dealkylation sites (tertiary alicyclic amines) is 1. The second-order valence-corrected chi connectivity index (χ2v) is 6.83. The average molecular weight is 306 g/mol. The highest BCUT2D eigenvalue weighted by molar-refractivity contribution is 5.68. The minimum atomic E-state index is -0.508. The van der Waals surface area contributed by atoms with Crippen molar-refractivity contribution in [3.8, 4) is 0 Å². The lowest BCUT2D eigenvalue weighted by molar-refractivity contribution is 0.0270. The molecule has 0 unspecified atom stereocenters. The number of rotatable bonds is 4. The molecular weight excluding hydrogens is 280 g/mol. The van der Waals surface area contributed by atoms with E-state index in [0.717, 1.165) is 6.54 Å². The van der Waals surface area contributed by atoms with Crippen LogP contribution in [0.4, 0.5) is 4.79 Å². The molecular formula is C17H26N2O3. The molecule has 1 amide bonds. The Balaban J connectivity index is 1.77. The molecule has 0 aromatic heterocycles. The number of hydrogen-bond donors (Lipinski definition) is 2. The second-order valence-electron chi connectivity index (χ2n) is 6.83. The zero-order valence-electron chi connectivity index (χ0n) is 13.6. The molecule has 5 nitrogen and oxygen atoms in total. The van der Waals surface area contributed by atoms with E-state index in [2.05, 4.69) is 17.4 Å². The molecule has 1 fully saturated rings. The van der Waals surface area contributed by atoms with E-state index >= 15 is 0 Å². The van der Waals surface area contributed by atoms with Gasteiger partial charge in [-0.25, -0.2) is 4.79 Å². The fourth-order valence-electron chi connectivity index (χ4n) is 2.53. The van der Waals surface area contributed by atoms with Gasteiger partial charge in [0.25, 0.3) is 0 Å². The number of amides is 1. The van der Waals surface area contributed by atoms with Crippen LogP contribution in [0.25, 0.3) is 0 Å². The number of β-amino-alcohol motifs (C(OH)–C–C–N with tert-alkyl or cyclic N) is 1. The predicted molar refractivity (Wildman–Crippen MR) is 85.5 cm³/mol. The van der Waals surface area contributed by atoms with Gasteiger partial charge in [-0.2, -0.15) is 0 Å². The molecule has 0 radical (unpaired) electrons. The van der Waals surface area contributed by atoms with Crippen LogP contribution in [0.15, 0.2) is 30.3 Å². The lowest BCUT2D eigenvalue weighted by Crippen LogP contribution is -2.36. The van der Waals surface area contributed by atoms with Crippen LogP contribution in [0, 0.1) is 5.92 Å². The fraction of sp³-hybridized carbons (Fsp3) is 0.588. The molecule has 1 saturated heterocycles. The third-order valence-electron chi connectivity index (χ3n) is 3.64. The maximum absolute atomic E-state index is 12.0. The maximum Gasteiger partial charge on any atom is 0.410 e. The predicted octanol–water partition coefficient (Wildman–Crippen LogP) is 2.00. The van der Waals surface area contributed by atoms with Crippen molar-refractivity contribution in [3.63, 3.8) is 0 Å². The summed E-state index contributed by atoms with van der Waals surface area (Å²) in [5.41, 5.74) is 0.699. The standard InChI is InChI=1S/C17H26N2O3/c1-17(2,3)22-16(21)19-11-14(15(20)12-19)10-18-9-13-7-5-4-6-8-13/h4-8,14-15,18,20H,9-12H2,1-3H3/t14-,15+/m1/s1. The Kier molecular flexibility index (Phi) is 5.42. The summed E-state index contributed by atoms with van der Waals surface area (Å²) >= 11 is 0. The summed E-state index contributed by atoms with van der Waals surface area (Å²) < 4.78 is 5.35. The average Bonchev–Trinajstić information content (AvgIpc) is 2.80. The van der Waals surface area contributed by atoms with Gasteiger partial charge in [0.2, 0.25) is 0 Å². The van der Waals surface area contributed by atoms with Gasteiger partial charge in [0, 0.05) is 25.6 Å². The number of benzene rings is 1. The van der Waals surface area contributed by atoms with Crippen LogP contribution in [-0.4, -0.2) is 47.4 Å². The largest absolute Gasteiger partial charge is 0.444 e. The van der Waals surface area contributed by atoms with E-state index in [4.69, 9.17) is 4.74 Å². The molecule has 1 aromatic rings. The third kappa shape index (κ3) is 5.00. The Labute approximate surface area is 132 Å². The van der Waals surface area contributed by atoms with Crippen LogP contribution in [0.5, 0.6) is 0 Å². The molecule has 0 aliphatic carbocycles. The molecule has 5 heteroatoms. The summed E-state index contributed by atoms with van der Waals surface area (Å²) in [4.78, 5) is 13.6. The van der Waals surface area contributed by atoms with Gasteiger partial charge in [-0.15, -0.1) is 0 Å². The molecule has 2 rings (SSSR count). The van der Waals surface area contributed by atoms with Gasteiger partial charge < -0.3 is 20.1 Å². The number of carbonyl (C=O) groups is 1. The van der Waals surface area contributed by atoms with Crippen molar-refractivity contribution in [2.75, 3.05) is 19.6 Å². The summed E-state index contributed by atoms with van der Waals surface area (Å²) in [5, 5.41) is 13.5. The molecule has 1 heterocycles. The lowest BCUT2D eigenvalue weighted by Gasteiger charge is -2.24. The molecule has 2 atom stereocenters. The minimum absolute atomic E-state index is 0.0382. The van der Waals surface area contributed by atoms with Gasteiger partial charge >= 0.3 is 6.09 Å². The van der Waals surface area contributed by atoms with E-state index in [9.17, 15) is 9.90 Å². The summed E-state index contributed by atoms with van der Waals surface area (Å²) in [7, 11) is 0. The first-order chi connectivity index (χ1) is 10.3. The summed E-state index contributed by atoms with van der Waals surface area (Å²) in [6, 6.07) is 10.1. The number of carbonyl (C=O) groups excluding carboxylic acids is 1. The van der Waals surface area contributed by atoms with E-state index in [0.29, 0.717) is 19.6 Å². The van der Waals surface area contributed by atoms with Crippen LogP contribution >= 0.6 is 0 Å². The zero-order valence-corrected chi connectivity index (χ0v) is 13.6. The van der Waals surface area contributed by atoms with Gasteiger partial charge in [0.15, 0.2) is 0 Å². The molecule has 22 heavy (non-hydrogen) atoms. The minimum Gasteiger partial charge on any atom is -0.444 e. The highest BCUT2D eigenvalue weighted by Gasteiger charge is 2.35. The Morgan fingerprint density at radius 1 is 1.32 bits per heavy atom. The topological polar surface area (TPSA) is 61.8 Å². The van der Waals surface area contributed by atoms with Gasteiger partial charge in [-0.05, 0) is 26.3 Å². The van der Waals surface area contributed by atoms with Crippen LogP contribution in [0.1, 0.15) is 26.3 Å². The second kappa shape index (κ2) is 7.11. The molecule has 2 N–H and O–H groups in total. The number of ether oxygens (including phenoxy) is 1. The van der Waals surface area contributed by atoms with Crippen molar-refractivity contribution in [2.45, 2.75) is 39.0 Å². The maximum atomic E-state index is 12.0. The highest BCUT2D eigenvalue weighted by Crippen LogP contribution is 2.19. The summed E-state index contributed by atoms with van der Waals surface area (Å²) in [5.74, 6) is 0.0382. The van der Waals surface area contributed by atoms with Gasteiger partial charge in [0.05, 0.1) is 12.6 Å². The molecule has 0 spiro atoms. The number of aliphatic hydroxyl groups excluding tert-OH is 1. The highest BCUT2D eigenvalue weighted by atomic mass is 16.6. The fourth-order valence-corrected chi connectivity index (χ4v) is 2.53. The zero-order chi connectivity index (χ0) is 16.2. The third-order valence-corrected chi connectivity index (χ3v) is 3.64. The van der Waals surface area contributed by atoms with Crippen molar-refractivity contribution >= 4 is 6.09 Å². The Bertz CT molecular complexity index is 484. The van der Waals surface area contributed by atoms with Gasteiger partial charge in [0.1, 0.15) is 5.60 Å². The van der Waals surface area contributed by atoms with E-state index in [1.807, 2.05) is 39.0 Å². The van der Waals surface area contributed by atoms with Gasteiger partial charge in [-0.1, -0.05) is 30.3 Å². The van der Waals surface area contributed by atoms with Crippen LogP contribution < -0.4 is 5.32 Å². The van der Waals surface area contributed by atoms with Crippen LogP contribution in [0.3, 0.4) is 0 Å². The van der Waals surface area contributed by atoms with Crippen molar-refractivity contribution in [3.05, 3.63) is 35.9 Å². The first kappa shape index (κ1) is 16.8. The van der Waals surface area contributed by atoms with Crippen molar-refractivity contribution in [1.29, 1.82) is 0 Å². The molecule has 1 aliphatic rings. The van der Waals surface area contributed by atoms with E-state index in [-0.39, 0.29) is 12.0 Å². The monoisotopic (exact) mass is 306 g/mol. The normalized spacial score (nSPS) is 21.9. The SMILES string of the molecule is CC(C)(C)OC(=O)N1C[C@@H](CNCc2ccccc2)[C@@H](O)C1. The van der Waals surface area contributed by atoms with Crippen LogP contribution in [-0.2, 0) is 11.3 Å². The van der Waals surface area contributed by atoms with E-state index < -0.39 is 11.7 Å². The molecule has 1 aromatic carbocycles. The lowest BCUT2D eigenvalue weighted by atomic mass is 10.1. The first-order valence-electron chi connectivity index (χ1n) is 7.76. The number of hydrogen-bond acceptors (Lipinski definition) is 4. The van der Waals surface area contributed by atoms with Crippen molar-refractivity contribution in [1.82, 2.24) is 10.2 Å². The Morgan fingerprint density at radius 2 is 2.00 bits per heavy atom. The molecule has 0 saturated carbocycles. The number of nitrogens with one attached hydrogen (secondary N) is 1. The van der Waals surface area contributed by atoms with E-state index in [1.165, 1.54) is 5.56 Å². The molecule has 122 valence electrons. The van der Waals surface area contributed by atoms with E-state index in [1.54, 1.807) is 4.90 Å². The smallest absolute Gasteiger partial charge is 0.410 e. The first-order valence-corrected chi connectivity index (χ1v) is 7.76. The molecule has 0 bridgehead atoms. The number of nitrogens with zero attached hydrogens (tertiary/aromatic N) is 1. The Morgan fingerprint density at radius 3 is 2.64 bits per heavy atom. The summed E-state index contributed by atoms with van der Waals surface area (Å²) in [6.07, 6.45) is -0.854. The summed E-state index contributed by atoms with van der Waals surface area (Å²) in [6.45, 7) is 7.83. The number of aliphatic hydroxyl groups is 1.